The smallest absolute Gasteiger partial charge is 0.180 e. The maximum atomic E-state index is 4.23. The second-order valence-electron chi connectivity index (χ2n) is 6.07. The van der Waals surface area contributed by atoms with Crippen molar-refractivity contribution in [2.45, 2.75) is 6.92 Å². The molecular weight excluding hydrogens is 320 g/mol. The van der Waals surface area contributed by atoms with Crippen molar-refractivity contribution < 1.29 is 0 Å². The minimum atomic E-state index is 0.691. The number of aryl methyl sites for hydroxylation is 1. The molecule has 0 spiro atoms. The minimum absolute atomic E-state index is 0.691. The maximum Gasteiger partial charge on any atom is 0.180 e. The maximum absolute atomic E-state index is 4.23. The zero-order chi connectivity index (χ0) is 17.8. The van der Waals surface area contributed by atoms with E-state index in [4.69, 9.17) is 0 Å². The summed E-state index contributed by atoms with van der Waals surface area (Å²) in [5.41, 5.74) is 5.46. The first-order valence-corrected chi connectivity index (χ1v) is 8.49. The van der Waals surface area contributed by atoms with Crippen molar-refractivity contribution in [3.8, 4) is 5.69 Å². The Labute approximate surface area is 152 Å². The summed E-state index contributed by atoms with van der Waals surface area (Å²) in [5.74, 6) is 0.691. The first-order chi connectivity index (χ1) is 12.8. The van der Waals surface area contributed by atoms with Crippen molar-refractivity contribution >= 4 is 11.6 Å². The highest BCUT2D eigenvalue weighted by Gasteiger charge is 2.10. The Morgan fingerprint density at radius 3 is 1.92 bits per heavy atom. The van der Waals surface area contributed by atoms with E-state index in [0.29, 0.717) is 5.82 Å². The molecule has 4 heteroatoms. The van der Waals surface area contributed by atoms with E-state index in [0.717, 1.165) is 22.4 Å². The summed E-state index contributed by atoms with van der Waals surface area (Å²) in [6.45, 7) is 2.06. The Morgan fingerprint density at radius 2 is 1.35 bits per heavy atom. The van der Waals surface area contributed by atoms with Crippen LogP contribution in [0.15, 0.2) is 84.9 Å². The van der Waals surface area contributed by atoms with Gasteiger partial charge in [0.15, 0.2) is 5.82 Å². The predicted molar refractivity (Wildman–Crippen MR) is 104 cm³/mol. The number of rotatable bonds is 4. The molecule has 0 aliphatic carbocycles. The molecular formula is C22H18N4. The van der Waals surface area contributed by atoms with E-state index in [2.05, 4.69) is 58.8 Å². The molecule has 0 atom stereocenters. The summed E-state index contributed by atoms with van der Waals surface area (Å²) in [6, 6.07) is 28.7. The van der Waals surface area contributed by atoms with Gasteiger partial charge in [0.2, 0.25) is 0 Å². The third-order valence-electron chi connectivity index (χ3n) is 4.22. The molecule has 0 amide bonds. The van der Waals surface area contributed by atoms with Gasteiger partial charge in [-0.05, 0) is 52.3 Å². The highest BCUT2D eigenvalue weighted by atomic mass is 15.5. The van der Waals surface area contributed by atoms with Crippen molar-refractivity contribution in [2.75, 3.05) is 0 Å². The van der Waals surface area contributed by atoms with Crippen molar-refractivity contribution in [1.82, 2.24) is 20.2 Å². The van der Waals surface area contributed by atoms with Crippen LogP contribution in [-0.2, 0) is 0 Å². The van der Waals surface area contributed by atoms with Crippen LogP contribution in [-0.4, -0.2) is 20.2 Å². The average molecular weight is 338 g/mol. The van der Waals surface area contributed by atoms with Gasteiger partial charge in [0.1, 0.15) is 0 Å². The van der Waals surface area contributed by atoms with Crippen LogP contribution in [0.25, 0.3) is 17.3 Å². The molecule has 4 rings (SSSR count). The minimum Gasteiger partial charge on any atom is -0.193 e. The fourth-order valence-electron chi connectivity index (χ4n) is 2.85. The van der Waals surface area contributed by atoms with Crippen molar-refractivity contribution in [1.29, 1.82) is 0 Å². The van der Waals surface area contributed by atoms with Gasteiger partial charge in [-0.3, -0.25) is 0 Å². The molecule has 0 bridgehead atoms. The van der Waals surface area contributed by atoms with Crippen LogP contribution < -0.4 is 0 Å². The van der Waals surface area contributed by atoms with Crippen molar-refractivity contribution in [3.63, 3.8) is 0 Å². The van der Waals surface area contributed by atoms with Gasteiger partial charge in [-0.1, -0.05) is 78.4 Å². The molecule has 0 fully saturated rings. The molecule has 0 N–H and O–H groups in total. The van der Waals surface area contributed by atoms with Gasteiger partial charge in [0.05, 0.1) is 5.69 Å². The van der Waals surface area contributed by atoms with Gasteiger partial charge >= 0.3 is 0 Å². The zero-order valence-corrected chi connectivity index (χ0v) is 14.4. The molecule has 0 radical (unpaired) electrons. The lowest BCUT2D eigenvalue weighted by Crippen LogP contribution is -2.00. The van der Waals surface area contributed by atoms with Crippen LogP contribution >= 0.6 is 0 Å². The molecule has 0 aliphatic heterocycles. The van der Waals surface area contributed by atoms with E-state index >= 15 is 0 Å². The Balaban J connectivity index is 1.84. The largest absolute Gasteiger partial charge is 0.193 e. The molecule has 126 valence electrons. The Bertz CT molecular complexity index is 975. The lowest BCUT2D eigenvalue weighted by atomic mass is 9.97. The van der Waals surface area contributed by atoms with Crippen LogP contribution in [0.5, 0.6) is 0 Å². The van der Waals surface area contributed by atoms with Gasteiger partial charge in [0.25, 0.3) is 0 Å². The summed E-state index contributed by atoms with van der Waals surface area (Å²) >= 11 is 0. The summed E-state index contributed by atoms with van der Waals surface area (Å²) in [4.78, 5) is 0. The summed E-state index contributed by atoms with van der Waals surface area (Å²) < 4.78 is 1.76. The van der Waals surface area contributed by atoms with Crippen LogP contribution in [0.1, 0.15) is 22.5 Å². The second kappa shape index (κ2) is 7.15. The third kappa shape index (κ3) is 3.30. The van der Waals surface area contributed by atoms with Gasteiger partial charge in [-0.25, -0.2) is 0 Å². The molecule has 0 saturated heterocycles. The number of aromatic nitrogens is 4. The lowest BCUT2D eigenvalue weighted by molar-refractivity contribution is 0.786. The van der Waals surface area contributed by atoms with E-state index < -0.39 is 0 Å². The standard InChI is InChI=1S/C22H18N4/c1-17-12-14-20(15-13-17)26-22(23-24-25-26)16-21(18-8-4-2-5-9-18)19-10-6-3-7-11-19/h2-16H,1H3. The quantitative estimate of drug-likeness (QED) is 0.548. The summed E-state index contributed by atoms with van der Waals surface area (Å²) in [6.07, 6.45) is 2.03. The molecule has 0 aliphatic rings. The van der Waals surface area contributed by atoms with Crippen molar-refractivity contribution in [3.05, 3.63) is 107 Å². The van der Waals surface area contributed by atoms with E-state index in [1.54, 1.807) is 4.68 Å². The van der Waals surface area contributed by atoms with Crippen LogP contribution in [0.3, 0.4) is 0 Å². The highest BCUT2D eigenvalue weighted by Crippen LogP contribution is 2.25. The fraction of sp³-hybridized carbons (Fsp3) is 0.0455. The molecule has 0 saturated carbocycles. The third-order valence-corrected chi connectivity index (χ3v) is 4.22. The first kappa shape index (κ1) is 16.0. The molecule has 1 aromatic heterocycles. The number of nitrogens with zero attached hydrogens (tertiary/aromatic N) is 4. The van der Waals surface area contributed by atoms with Crippen LogP contribution in [0.4, 0.5) is 0 Å². The number of hydrogen-bond acceptors (Lipinski definition) is 3. The summed E-state index contributed by atoms with van der Waals surface area (Å²) in [5, 5.41) is 12.3. The molecule has 4 aromatic rings. The van der Waals surface area contributed by atoms with E-state index in [1.165, 1.54) is 5.56 Å². The van der Waals surface area contributed by atoms with Crippen LogP contribution in [0, 0.1) is 6.92 Å². The molecule has 0 unspecified atom stereocenters. The Hall–Kier alpha value is -3.53. The predicted octanol–water partition coefficient (Wildman–Crippen LogP) is 4.56. The SMILES string of the molecule is Cc1ccc(-n2nnnc2C=C(c2ccccc2)c2ccccc2)cc1. The fourth-order valence-corrected chi connectivity index (χ4v) is 2.85. The Kier molecular flexibility index (Phi) is 4.39. The highest BCUT2D eigenvalue weighted by molar-refractivity contribution is 5.90. The van der Waals surface area contributed by atoms with Gasteiger partial charge in [-0.2, -0.15) is 4.68 Å². The normalized spacial score (nSPS) is 10.5. The zero-order valence-electron chi connectivity index (χ0n) is 14.4. The molecule has 4 nitrogen and oxygen atoms in total. The number of benzene rings is 3. The number of tetrazole rings is 1. The van der Waals surface area contributed by atoms with E-state index in [1.807, 2.05) is 54.6 Å². The Morgan fingerprint density at radius 1 is 0.769 bits per heavy atom. The molecule has 26 heavy (non-hydrogen) atoms. The summed E-state index contributed by atoms with van der Waals surface area (Å²) in [7, 11) is 0. The lowest BCUT2D eigenvalue weighted by Gasteiger charge is -2.09. The van der Waals surface area contributed by atoms with E-state index in [9.17, 15) is 0 Å². The van der Waals surface area contributed by atoms with Gasteiger partial charge in [0, 0.05) is 0 Å². The van der Waals surface area contributed by atoms with Crippen LogP contribution in [0.2, 0.25) is 0 Å². The van der Waals surface area contributed by atoms with Gasteiger partial charge in [-0.15, -0.1) is 5.10 Å². The topological polar surface area (TPSA) is 43.6 Å². The monoisotopic (exact) mass is 338 g/mol. The number of hydrogen-bond donors (Lipinski definition) is 0. The first-order valence-electron chi connectivity index (χ1n) is 8.49. The molecule has 3 aromatic carbocycles. The second-order valence-corrected chi connectivity index (χ2v) is 6.07. The average Bonchev–Trinajstić information content (AvgIpc) is 3.16. The van der Waals surface area contributed by atoms with Gasteiger partial charge < -0.3 is 0 Å². The molecule has 1 heterocycles. The van der Waals surface area contributed by atoms with Crippen molar-refractivity contribution in [2.24, 2.45) is 0 Å². The van der Waals surface area contributed by atoms with E-state index in [-0.39, 0.29) is 0 Å².